The van der Waals surface area contributed by atoms with Crippen LogP contribution in [-0.4, -0.2) is 24.2 Å². The lowest BCUT2D eigenvalue weighted by Gasteiger charge is -2.12. The number of carboxylic acid groups (broad SMARTS) is 1. The van der Waals surface area contributed by atoms with Gasteiger partial charge in [0, 0.05) is 6.04 Å². The topological polar surface area (TPSA) is 49.3 Å². The predicted molar refractivity (Wildman–Crippen MR) is 60.0 cm³/mol. The zero-order chi connectivity index (χ0) is 11.3. The van der Waals surface area contributed by atoms with E-state index in [1.54, 1.807) is 0 Å². The molecule has 0 fully saturated rings. The second-order valence-corrected chi connectivity index (χ2v) is 3.73. The molecule has 1 aromatic carbocycles. The first-order chi connectivity index (χ1) is 7.13. The number of hydrogen-bond donors (Lipinski definition) is 2. The fourth-order valence-corrected chi connectivity index (χ4v) is 1.52. The van der Waals surface area contributed by atoms with Crippen LogP contribution in [0, 0.1) is 0 Å². The molecule has 0 amide bonds. The molecule has 0 bridgehead atoms. The van der Waals surface area contributed by atoms with Crippen molar-refractivity contribution in [3.8, 4) is 0 Å². The van der Waals surface area contributed by atoms with Gasteiger partial charge in [-0.1, -0.05) is 24.3 Å². The monoisotopic (exact) mass is 207 g/mol. The first-order valence-corrected chi connectivity index (χ1v) is 5.09. The molecule has 0 aliphatic carbocycles. The Bertz CT molecular complexity index is 336. The van der Waals surface area contributed by atoms with E-state index in [2.05, 4.69) is 12.2 Å². The second kappa shape index (κ2) is 5.51. The smallest absolute Gasteiger partial charge is 0.307 e. The van der Waals surface area contributed by atoms with Crippen molar-refractivity contribution in [1.29, 1.82) is 0 Å². The van der Waals surface area contributed by atoms with E-state index in [0.29, 0.717) is 6.04 Å². The lowest BCUT2D eigenvalue weighted by atomic mass is 9.99. The van der Waals surface area contributed by atoms with Gasteiger partial charge in [-0.3, -0.25) is 4.79 Å². The van der Waals surface area contributed by atoms with Crippen molar-refractivity contribution in [3.05, 3.63) is 35.4 Å². The summed E-state index contributed by atoms with van der Waals surface area (Å²) in [4.78, 5) is 10.7. The Kier molecular flexibility index (Phi) is 4.31. The summed E-state index contributed by atoms with van der Waals surface area (Å²) in [5, 5.41) is 11.9. The summed E-state index contributed by atoms with van der Waals surface area (Å²) >= 11 is 0. The van der Waals surface area contributed by atoms with E-state index < -0.39 is 5.97 Å². The number of rotatable bonds is 5. The zero-order valence-electron chi connectivity index (χ0n) is 9.16. The first-order valence-electron chi connectivity index (χ1n) is 5.09. The van der Waals surface area contributed by atoms with Crippen LogP contribution in [-0.2, 0) is 17.6 Å². The van der Waals surface area contributed by atoms with Crippen LogP contribution in [0.1, 0.15) is 18.1 Å². The fraction of sp³-hybridized carbons (Fsp3) is 0.417. The Balaban J connectivity index is 2.81. The number of carbonyl (C=O) groups is 1. The van der Waals surface area contributed by atoms with Crippen LogP contribution >= 0.6 is 0 Å². The van der Waals surface area contributed by atoms with E-state index in [1.807, 2.05) is 31.3 Å². The van der Waals surface area contributed by atoms with Gasteiger partial charge in [0.05, 0.1) is 6.42 Å². The molecule has 1 unspecified atom stereocenters. The number of carboxylic acids is 1. The van der Waals surface area contributed by atoms with E-state index >= 15 is 0 Å². The highest BCUT2D eigenvalue weighted by Gasteiger charge is 2.08. The maximum absolute atomic E-state index is 10.7. The minimum atomic E-state index is -0.778. The zero-order valence-corrected chi connectivity index (χ0v) is 9.16. The summed E-state index contributed by atoms with van der Waals surface area (Å²) in [6, 6.07) is 8.06. The van der Waals surface area contributed by atoms with Gasteiger partial charge in [-0.25, -0.2) is 0 Å². The van der Waals surface area contributed by atoms with Crippen molar-refractivity contribution in [2.24, 2.45) is 0 Å². The van der Waals surface area contributed by atoms with Gasteiger partial charge < -0.3 is 10.4 Å². The lowest BCUT2D eigenvalue weighted by molar-refractivity contribution is -0.136. The summed E-state index contributed by atoms with van der Waals surface area (Å²) < 4.78 is 0. The van der Waals surface area contributed by atoms with E-state index in [9.17, 15) is 4.79 Å². The van der Waals surface area contributed by atoms with Gasteiger partial charge in [0.2, 0.25) is 0 Å². The van der Waals surface area contributed by atoms with E-state index in [1.165, 1.54) is 0 Å². The van der Waals surface area contributed by atoms with E-state index in [4.69, 9.17) is 5.11 Å². The quantitative estimate of drug-likeness (QED) is 0.768. The number of nitrogens with one attached hydrogen (secondary N) is 1. The molecule has 82 valence electrons. The highest BCUT2D eigenvalue weighted by Crippen LogP contribution is 2.11. The molecular formula is C12H17NO2. The SMILES string of the molecule is CNC(C)Cc1ccccc1CC(=O)O. The van der Waals surface area contributed by atoms with Crippen molar-refractivity contribution in [2.75, 3.05) is 7.05 Å². The van der Waals surface area contributed by atoms with Gasteiger partial charge in [-0.2, -0.15) is 0 Å². The largest absolute Gasteiger partial charge is 0.481 e. The second-order valence-electron chi connectivity index (χ2n) is 3.73. The molecule has 0 heterocycles. The van der Waals surface area contributed by atoms with Crippen molar-refractivity contribution >= 4 is 5.97 Å². The van der Waals surface area contributed by atoms with E-state index in [-0.39, 0.29) is 6.42 Å². The molecule has 3 heteroatoms. The summed E-state index contributed by atoms with van der Waals surface area (Å²) in [5.41, 5.74) is 2.02. The van der Waals surface area contributed by atoms with Crippen LogP contribution in [0.4, 0.5) is 0 Å². The van der Waals surface area contributed by atoms with E-state index in [0.717, 1.165) is 17.5 Å². The molecule has 0 spiro atoms. The number of aliphatic carboxylic acids is 1. The fourth-order valence-electron chi connectivity index (χ4n) is 1.52. The summed E-state index contributed by atoms with van der Waals surface area (Å²) in [6.45, 7) is 2.08. The normalized spacial score (nSPS) is 12.4. The number of benzene rings is 1. The third-order valence-electron chi connectivity index (χ3n) is 2.48. The van der Waals surface area contributed by atoms with Gasteiger partial charge in [0.1, 0.15) is 0 Å². The van der Waals surface area contributed by atoms with Crippen molar-refractivity contribution < 1.29 is 9.90 Å². The van der Waals surface area contributed by atoms with Gasteiger partial charge in [0.25, 0.3) is 0 Å². The Morgan fingerprint density at radius 2 is 2.00 bits per heavy atom. The molecule has 0 aliphatic rings. The van der Waals surface area contributed by atoms with Crippen LogP contribution in [0.2, 0.25) is 0 Å². The molecule has 15 heavy (non-hydrogen) atoms. The van der Waals surface area contributed by atoms with Crippen LogP contribution < -0.4 is 5.32 Å². The van der Waals surface area contributed by atoms with Gasteiger partial charge >= 0.3 is 5.97 Å². The molecule has 2 N–H and O–H groups in total. The predicted octanol–water partition coefficient (Wildman–Crippen LogP) is 1.46. The van der Waals surface area contributed by atoms with Gasteiger partial charge in [0.15, 0.2) is 0 Å². The lowest BCUT2D eigenvalue weighted by Crippen LogP contribution is -2.24. The average molecular weight is 207 g/mol. The maximum atomic E-state index is 10.7. The molecule has 1 aromatic rings. The molecular weight excluding hydrogens is 190 g/mol. The van der Waals surface area contributed by atoms with Gasteiger partial charge in [-0.05, 0) is 31.5 Å². The van der Waals surface area contributed by atoms with Gasteiger partial charge in [-0.15, -0.1) is 0 Å². The highest BCUT2D eigenvalue weighted by atomic mass is 16.4. The standard InChI is InChI=1S/C12H17NO2/c1-9(13-2)7-10-5-3-4-6-11(10)8-12(14)15/h3-6,9,13H,7-8H2,1-2H3,(H,14,15). The van der Waals surface area contributed by atoms with Crippen LogP contribution in [0.3, 0.4) is 0 Å². The number of likely N-dealkylation sites (N-methyl/N-ethyl adjacent to an activating group) is 1. The van der Waals surface area contributed by atoms with Crippen molar-refractivity contribution in [1.82, 2.24) is 5.32 Å². The average Bonchev–Trinajstić information content (AvgIpc) is 2.20. The summed E-state index contributed by atoms with van der Waals surface area (Å²) in [6.07, 6.45) is 0.965. The first kappa shape index (κ1) is 11.7. The molecule has 1 rings (SSSR count). The molecule has 0 saturated carbocycles. The molecule has 0 aliphatic heterocycles. The van der Waals surface area contributed by atoms with Crippen molar-refractivity contribution in [2.45, 2.75) is 25.8 Å². The number of hydrogen-bond acceptors (Lipinski definition) is 2. The Hall–Kier alpha value is -1.35. The Morgan fingerprint density at radius 1 is 1.40 bits per heavy atom. The molecule has 0 radical (unpaired) electrons. The molecule has 0 saturated heterocycles. The third-order valence-corrected chi connectivity index (χ3v) is 2.48. The summed E-state index contributed by atoms with van der Waals surface area (Å²) in [7, 11) is 1.91. The molecule has 3 nitrogen and oxygen atoms in total. The molecule has 0 aromatic heterocycles. The molecule has 1 atom stereocenters. The highest BCUT2D eigenvalue weighted by molar-refractivity contribution is 5.70. The van der Waals surface area contributed by atoms with Crippen LogP contribution in [0.15, 0.2) is 24.3 Å². The van der Waals surface area contributed by atoms with Crippen molar-refractivity contribution in [3.63, 3.8) is 0 Å². The maximum Gasteiger partial charge on any atom is 0.307 e. The Labute approximate surface area is 90.1 Å². The Morgan fingerprint density at radius 3 is 2.53 bits per heavy atom. The minimum Gasteiger partial charge on any atom is -0.481 e. The third kappa shape index (κ3) is 3.72. The summed E-state index contributed by atoms with van der Waals surface area (Å²) in [5.74, 6) is -0.778. The minimum absolute atomic E-state index is 0.104. The van der Waals surface area contributed by atoms with Crippen LogP contribution in [0.5, 0.6) is 0 Å². The van der Waals surface area contributed by atoms with Crippen LogP contribution in [0.25, 0.3) is 0 Å².